The number of benzene rings is 1. The molecule has 0 bridgehead atoms. The zero-order chi connectivity index (χ0) is 17.1. The summed E-state index contributed by atoms with van der Waals surface area (Å²) >= 11 is 1.74. The van der Waals surface area contributed by atoms with Gasteiger partial charge in [-0.05, 0) is 44.9 Å². The van der Waals surface area contributed by atoms with Gasteiger partial charge in [-0.15, -0.1) is 10.2 Å². The topological polar surface area (TPSA) is 69.0 Å². The molecule has 2 heterocycles. The highest BCUT2D eigenvalue weighted by atomic mass is 32.2. The molecule has 7 heteroatoms. The number of nitrogens with zero attached hydrogens (tertiary/aromatic N) is 3. The second-order valence-corrected chi connectivity index (χ2v) is 7.45. The molecule has 0 saturated carbocycles. The number of rotatable bonds is 4. The van der Waals surface area contributed by atoms with Crippen molar-refractivity contribution in [1.29, 1.82) is 0 Å². The van der Waals surface area contributed by atoms with Crippen molar-refractivity contribution in [2.45, 2.75) is 56.2 Å². The molecule has 24 heavy (non-hydrogen) atoms. The minimum absolute atomic E-state index is 0.0873. The van der Waals surface area contributed by atoms with Crippen LogP contribution in [-0.4, -0.2) is 38.1 Å². The molecule has 1 N–H and O–H groups in total. The molecule has 2 atom stereocenters. The van der Waals surface area contributed by atoms with Crippen LogP contribution in [0.4, 0.5) is 5.69 Å². The number of nitrogens with one attached hydrogen (secondary N) is 1. The molecule has 0 spiro atoms. The van der Waals surface area contributed by atoms with Crippen LogP contribution in [-0.2, 0) is 9.53 Å². The molecule has 1 aliphatic heterocycles. The molecule has 2 aromatic rings. The van der Waals surface area contributed by atoms with E-state index >= 15 is 0 Å². The van der Waals surface area contributed by atoms with Crippen molar-refractivity contribution < 1.29 is 9.53 Å². The van der Waals surface area contributed by atoms with Crippen molar-refractivity contribution in [2.75, 3.05) is 5.32 Å². The van der Waals surface area contributed by atoms with E-state index in [0.717, 1.165) is 29.4 Å². The smallest absolute Gasteiger partial charge is 0.221 e. The molecule has 6 nitrogen and oxygen atoms in total. The van der Waals surface area contributed by atoms with Gasteiger partial charge in [0.15, 0.2) is 5.16 Å². The number of thioether (sulfide) groups is 1. The number of carbonyl (C=O) groups excluding carboxylic acids is 1. The van der Waals surface area contributed by atoms with Crippen molar-refractivity contribution in [3.05, 3.63) is 30.6 Å². The molecule has 1 aliphatic rings. The number of hydrogen-bond donors (Lipinski definition) is 1. The second-order valence-electron chi connectivity index (χ2n) is 6.18. The summed E-state index contributed by atoms with van der Waals surface area (Å²) in [5.41, 5.74) is 1.69. The molecule has 1 aromatic carbocycles. The van der Waals surface area contributed by atoms with Gasteiger partial charge in [-0.3, -0.25) is 9.36 Å². The van der Waals surface area contributed by atoms with Crippen molar-refractivity contribution in [1.82, 2.24) is 14.8 Å². The lowest BCUT2D eigenvalue weighted by molar-refractivity contribution is -0.114. The van der Waals surface area contributed by atoms with E-state index in [2.05, 4.69) is 29.4 Å². The lowest BCUT2D eigenvalue weighted by Gasteiger charge is -2.31. The monoisotopic (exact) mass is 346 g/mol. The Morgan fingerprint density at radius 2 is 2.08 bits per heavy atom. The van der Waals surface area contributed by atoms with E-state index in [1.54, 1.807) is 18.1 Å². The summed E-state index contributed by atoms with van der Waals surface area (Å²) in [5, 5.41) is 12.5. The van der Waals surface area contributed by atoms with Crippen LogP contribution in [0, 0.1) is 0 Å². The lowest BCUT2D eigenvalue weighted by Crippen LogP contribution is -2.30. The van der Waals surface area contributed by atoms with Gasteiger partial charge in [0, 0.05) is 17.9 Å². The van der Waals surface area contributed by atoms with Gasteiger partial charge in [0.2, 0.25) is 5.91 Å². The van der Waals surface area contributed by atoms with Crippen LogP contribution in [0.5, 0.6) is 0 Å². The molecule has 0 unspecified atom stereocenters. The average molecular weight is 346 g/mol. The maximum Gasteiger partial charge on any atom is 0.221 e. The normalized spacial score (nSPS) is 23.9. The summed E-state index contributed by atoms with van der Waals surface area (Å²) in [6.45, 7) is 5.73. The summed E-state index contributed by atoms with van der Waals surface area (Å²) in [7, 11) is 0. The minimum Gasteiger partial charge on any atom is -0.375 e. The maximum atomic E-state index is 11.2. The third-order valence-corrected chi connectivity index (χ3v) is 5.09. The van der Waals surface area contributed by atoms with Crippen molar-refractivity contribution in [3.63, 3.8) is 0 Å². The Bertz CT molecular complexity index is 708. The molecule has 128 valence electrons. The molecular weight excluding hydrogens is 324 g/mol. The first-order valence-electron chi connectivity index (χ1n) is 8.11. The van der Waals surface area contributed by atoms with E-state index in [1.807, 2.05) is 28.8 Å². The Morgan fingerprint density at radius 3 is 2.79 bits per heavy atom. The summed E-state index contributed by atoms with van der Waals surface area (Å²) in [4.78, 5) is 11.2. The average Bonchev–Trinajstić information content (AvgIpc) is 2.94. The quantitative estimate of drug-likeness (QED) is 0.920. The number of hydrogen-bond acceptors (Lipinski definition) is 5. The maximum absolute atomic E-state index is 11.2. The van der Waals surface area contributed by atoms with E-state index in [1.165, 1.54) is 6.92 Å². The first-order valence-corrected chi connectivity index (χ1v) is 8.99. The van der Waals surface area contributed by atoms with Crippen LogP contribution in [0.1, 0.15) is 33.6 Å². The highest BCUT2D eigenvalue weighted by Gasteiger charge is 2.26. The fourth-order valence-corrected chi connectivity index (χ4v) is 4.40. The van der Waals surface area contributed by atoms with Crippen LogP contribution < -0.4 is 5.32 Å². The molecule has 1 amide bonds. The summed E-state index contributed by atoms with van der Waals surface area (Å²) in [6.07, 6.45) is 4.26. The van der Waals surface area contributed by atoms with E-state index in [-0.39, 0.29) is 18.1 Å². The number of anilines is 1. The molecule has 1 saturated heterocycles. The third kappa shape index (κ3) is 4.15. The predicted octanol–water partition coefficient (Wildman–Crippen LogP) is 3.27. The SMILES string of the molecule is CC(=O)Nc1cccc(-n2cnnc2SC2C[C@@H](C)O[C@H](C)C2)c1. The Hall–Kier alpha value is -1.86. The first kappa shape index (κ1) is 17.0. The molecular formula is C17H22N4O2S. The first-order chi connectivity index (χ1) is 11.5. The summed E-state index contributed by atoms with van der Waals surface area (Å²) < 4.78 is 7.77. The number of amides is 1. The minimum atomic E-state index is -0.0873. The van der Waals surface area contributed by atoms with Gasteiger partial charge in [-0.25, -0.2) is 0 Å². The number of carbonyl (C=O) groups is 1. The fraction of sp³-hybridized carbons (Fsp3) is 0.471. The van der Waals surface area contributed by atoms with Crippen molar-refractivity contribution >= 4 is 23.4 Å². The molecule has 0 aliphatic carbocycles. The third-order valence-electron chi connectivity index (χ3n) is 3.89. The summed E-state index contributed by atoms with van der Waals surface area (Å²) in [5.74, 6) is -0.0873. The van der Waals surface area contributed by atoms with Gasteiger partial charge in [0.25, 0.3) is 0 Å². The lowest BCUT2D eigenvalue weighted by atomic mass is 10.1. The Morgan fingerprint density at radius 1 is 1.33 bits per heavy atom. The molecule has 1 fully saturated rings. The zero-order valence-electron chi connectivity index (χ0n) is 14.1. The number of ether oxygens (including phenoxy) is 1. The highest BCUT2D eigenvalue weighted by Crippen LogP contribution is 2.34. The largest absolute Gasteiger partial charge is 0.375 e. The van der Waals surface area contributed by atoms with Crippen LogP contribution >= 0.6 is 11.8 Å². The second kappa shape index (κ2) is 7.36. The van der Waals surface area contributed by atoms with Gasteiger partial charge < -0.3 is 10.1 Å². The van der Waals surface area contributed by atoms with Crippen LogP contribution in [0.25, 0.3) is 5.69 Å². The predicted molar refractivity (Wildman–Crippen MR) is 94.6 cm³/mol. The Balaban J connectivity index is 1.79. The molecule has 1 aromatic heterocycles. The summed E-state index contributed by atoms with van der Waals surface area (Å²) in [6, 6.07) is 7.68. The van der Waals surface area contributed by atoms with E-state index < -0.39 is 0 Å². The Labute approximate surface area is 146 Å². The van der Waals surface area contributed by atoms with E-state index in [9.17, 15) is 4.79 Å². The molecule has 3 rings (SSSR count). The van der Waals surface area contributed by atoms with Gasteiger partial charge in [0.05, 0.1) is 17.9 Å². The molecule has 0 radical (unpaired) electrons. The van der Waals surface area contributed by atoms with Crippen LogP contribution in [0.15, 0.2) is 35.7 Å². The Kier molecular flexibility index (Phi) is 5.20. The van der Waals surface area contributed by atoms with Crippen molar-refractivity contribution in [3.8, 4) is 5.69 Å². The van der Waals surface area contributed by atoms with Crippen LogP contribution in [0.3, 0.4) is 0 Å². The van der Waals surface area contributed by atoms with E-state index in [4.69, 9.17) is 4.74 Å². The van der Waals surface area contributed by atoms with Gasteiger partial charge in [0.1, 0.15) is 6.33 Å². The fourth-order valence-electron chi connectivity index (χ4n) is 3.01. The van der Waals surface area contributed by atoms with Gasteiger partial charge >= 0.3 is 0 Å². The zero-order valence-corrected chi connectivity index (χ0v) is 14.9. The van der Waals surface area contributed by atoms with Crippen molar-refractivity contribution in [2.24, 2.45) is 0 Å². The van der Waals surface area contributed by atoms with Gasteiger partial charge in [-0.1, -0.05) is 17.8 Å². The van der Waals surface area contributed by atoms with Crippen LogP contribution in [0.2, 0.25) is 0 Å². The van der Waals surface area contributed by atoms with Gasteiger partial charge in [-0.2, -0.15) is 0 Å². The highest BCUT2D eigenvalue weighted by molar-refractivity contribution is 7.99. The van der Waals surface area contributed by atoms with E-state index in [0.29, 0.717) is 5.25 Å². The standard InChI is InChI=1S/C17H22N4O2S/c1-11-7-16(8-12(2)23-11)24-17-20-18-10-21(17)15-6-4-5-14(9-15)19-13(3)22/h4-6,9-12,16H,7-8H2,1-3H3,(H,19,22)/t11-,12-/m1/s1. The number of aromatic nitrogens is 3.